The number of rotatable bonds is 5. The van der Waals surface area contributed by atoms with Crippen LogP contribution in [0.25, 0.3) is 10.2 Å². The summed E-state index contributed by atoms with van der Waals surface area (Å²) in [4.78, 5) is 10.1. The normalized spacial score (nSPS) is 17.0. The first-order valence-corrected chi connectivity index (χ1v) is 7.23. The predicted octanol–water partition coefficient (Wildman–Crippen LogP) is 2.44. The fourth-order valence-electron chi connectivity index (χ4n) is 2.03. The second-order valence-electron chi connectivity index (χ2n) is 4.99. The largest absolute Gasteiger partial charge is 0.396 e. The van der Waals surface area contributed by atoms with Crippen molar-refractivity contribution in [3.8, 4) is 0 Å². The average Bonchev–Trinajstić information content (AvgIpc) is 3.04. The smallest absolute Gasteiger partial charge is 0.138 e. The van der Waals surface area contributed by atoms with Gasteiger partial charge in [0.25, 0.3) is 0 Å². The number of thiophene rings is 1. The quantitative estimate of drug-likeness (QED) is 0.870. The van der Waals surface area contributed by atoms with E-state index in [9.17, 15) is 5.11 Å². The first-order chi connectivity index (χ1) is 8.76. The molecule has 3 rings (SSSR count). The number of aryl methyl sites for hydroxylation is 1. The second kappa shape index (κ2) is 4.48. The number of hydrogen-bond donors (Lipinski definition) is 2. The lowest BCUT2D eigenvalue weighted by molar-refractivity contribution is 0.219. The van der Waals surface area contributed by atoms with E-state index in [1.165, 1.54) is 0 Å². The maximum Gasteiger partial charge on any atom is 0.138 e. The molecule has 96 valence electrons. The highest BCUT2D eigenvalue weighted by Crippen LogP contribution is 2.45. The fourth-order valence-corrected chi connectivity index (χ4v) is 2.81. The predicted molar refractivity (Wildman–Crippen MR) is 74.0 cm³/mol. The van der Waals surface area contributed by atoms with Crippen molar-refractivity contribution in [3.05, 3.63) is 17.3 Å². The Balaban J connectivity index is 1.87. The molecule has 5 heteroatoms. The molecular weight excluding hydrogens is 246 g/mol. The first kappa shape index (κ1) is 11.9. The molecular formula is C13H17N3OS. The zero-order valence-corrected chi connectivity index (χ0v) is 11.3. The summed E-state index contributed by atoms with van der Waals surface area (Å²) >= 11 is 1.65. The van der Waals surface area contributed by atoms with Crippen LogP contribution in [-0.4, -0.2) is 28.2 Å². The molecule has 0 unspecified atom stereocenters. The number of fused-ring (bicyclic) bond motifs is 1. The van der Waals surface area contributed by atoms with Crippen LogP contribution < -0.4 is 5.32 Å². The Labute approximate surface area is 110 Å². The van der Waals surface area contributed by atoms with E-state index in [2.05, 4.69) is 28.3 Å². The van der Waals surface area contributed by atoms with E-state index >= 15 is 0 Å². The van der Waals surface area contributed by atoms with E-state index in [0.29, 0.717) is 0 Å². The Kier molecular flexibility index (Phi) is 2.95. The zero-order valence-electron chi connectivity index (χ0n) is 10.4. The molecule has 1 fully saturated rings. The molecule has 2 N–H and O–H groups in total. The van der Waals surface area contributed by atoms with Crippen LogP contribution in [0.3, 0.4) is 0 Å². The molecule has 2 heterocycles. The molecule has 1 aliphatic rings. The summed E-state index contributed by atoms with van der Waals surface area (Å²) in [5.41, 5.74) is 0.0969. The van der Waals surface area contributed by atoms with Crippen molar-refractivity contribution in [1.29, 1.82) is 0 Å². The van der Waals surface area contributed by atoms with Crippen LogP contribution in [0, 0.1) is 5.41 Å². The van der Waals surface area contributed by atoms with Gasteiger partial charge in [-0.2, -0.15) is 0 Å². The molecule has 2 aromatic heterocycles. The monoisotopic (exact) mass is 263 g/mol. The topological polar surface area (TPSA) is 58.0 Å². The summed E-state index contributed by atoms with van der Waals surface area (Å²) in [6.45, 7) is 3.13. The van der Waals surface area contributed by atoms with Crippen LogP contribution in [0.2, 0.25) is 0 Å². The molecule has 0 amide bonds. The van der Waals surface area contributed by atoms with Crippen LogP contribution in [0.4, 0.5) is 5.82 Å². The minimum Gasteiger partial charge on any atom is -0.396 e. The van der Waals surface area contributed by atoms with Crippen LogP contribution in [-0.2, 0) is 6.42 Å². The molecule has 0 spiro atoms. The Morgan fingerprint density at radius 1 is 1.44 bits per heavy atom. The van der Waals surface area contributed by atoms with Crippen LogP contribution in [0.15, 0.2) is 11.4 Å². The number of aliphatic hydroxyl groups is 1. The van der Waals surface area contributed by atoms with Crippen molar-refractivity contribution in [1.82, 2.24) is 9.97 Å². The van der Waals surface area contributed by atoms with E-state index in [1.54, 1.807) is 11.3 Å². The van der Waals surface area contributed by atoms with Crippen LogP contribution >= 0.6 is 11.3 Å². The summed E-state index contributed by atoms with van der Waals surface area (Å²) in [6, 6.07) is 2.06. The van der Waals surface area contributed by atoms with Crippen LogP contribution in [0.1, 0.15) is 25.6 Å². The van der Waals surface area contributed by atoms with Crippen molar-refractivity contribution in [2.75, 3.05) is 18.5 Å². The van der Waals surface area contributed by atoms with Gasteiger partial charge in [0.15, 0.2) is 0 Å². The van der Waals surface area contributed by atoms with E-state index in [-0.39, 0.29) is 12.0 Å². The third-order valence-corrected chi connectivity index (χ3v) is 4.42. The Bertz CT molecular complexity index is 562. The molecule has 0 atom stereocenters. The SMILES string of the molecule is CCc1nc(NCC2(CO)CC2)c2ccsc2n1. The lowest BCUT2D eigenvalue weighted by Gasteiger charge is -2.14. The minimum absolute atomic E-state index is 0.0969. The maximum absolute atomic E-state index is 9.34. The summed E-state index contributed by atoms with van der Waals surface area (Å²) < 4.78 is 0. The minimum atomic E-state index is 0.0969. The summed E-state index contributed by atoms with van der Waals surface area (Å²) in [5, 5.41) is 15.9. The van der Waals surface area contributed by atoms with Gasteiger partial charge in [0.1, 0.15) is 16.5 Å². The van der Waals surface area contributed by atoms with Gasteiger partial charge in [-0.05, 0) is 24.3 Å². The third-order valence-electron chi connectivity index (χ3n) is 3.61. The van der Waals surface area contributed by atoms with E-state index in [0.717, 1.165) is 47.7 Å². The molecule has 1 aliphatic carbocycles. The molecule has 0 saturated heterocycles. The third kappa shape index (κ3) is 2.08. The lowest BCUT2D eigenvalue weighted by Crippen LogP contribution is -2.20. The Morgan fingerprint density at radius 3 is 2.94 bits per heavy atom. The van der Waals surface area contributed by atoms with Gasteiger partial charge in [-0.15, -0.1) is 11.3 Å². The Morgan fingerprint density at radius 2 is 2.28 bits per heavy atom. The molecule has 2 aromatic rings. The van der Waals surface area contributed by atoms with E-state index in [1.807, 2.05) is 5.38 Å². The van der Waals surface area contributed by atoms with Gasteiger partial charge >= 0.3 is 0 Å². The maximum atomic E-state index is 9.34. The summed E-state index contributed by atoms with van der Waals surface area (Å²) in [6.07, 6.45) is 3.05. The number of nitrogens with one attached hydrogen (secondary N) is 1. The summed E-state index contributed by atoms with van der Waals surface area (Å²) in [5.74, 6) is 1.79. The Hall–Kier alpha value is -1.20. The number of aliphatic hydroxyl groups excluding tert-OH is 1. The highest BCUT2D eigenvalue weighted by molar-refractivity contribution is 7.16. The van der Waals surface area contributed by atoms with Gasteiger partial charge in [0, 0.05) is 18.4 Å². The molecule has 18 heavy (non-hydrogen) atoms. The second-order valence-corrected chi connectivity index (χ2v) is 5.89. The van der Waals surface area contributed by atoms with E-state index in [4.69, 9.17) is 0 Å². The molecule has 0 aliphatic heterocycles. The van der Waals surface area contributed by atoms with Gasteiger partial charge in [-0.25, -0.2) is 9.97 Å². The van der Waals surface area contributed by atoms with Gasteiger partial charge in [0.2, 0.25) is 0 Å². The van der Waals surface area contributed by atoms with Gasteiger partial charge in [-0.1, -0.05) is 6.92 Å². The molecule has 0 radical (unpaired) electrons. The van der Waals surface area contributed by atoms with Crippen molar-refractivity contribution in [3.63, 3.8) is 0 Å². The number of aromatic nitrogens is 2. The van der Waals surface area contributed by atoms with Crippen LogP contribution in [0.5, 0.6) is 0 Å². The average molecular weight is 263 g/mol. The van der Waals surface area contributed by atoms with Gasteiger partial charge in [0.05, 0.1) is 12.0 Å². The molecule has 0 bridgehead atoms. The van der Waals surface area contributed by atoms with E-state index < -0.39 is 0 Å². The fraction of sp³-hybridized carbons (Fsp3) is 0.538. The number of nitrogens with zero attached hydrogens (tertiary/aromatic N) is 2. The number of anilines is 1. The van der Waals surface area contributed by atoms with Crippen molar-refractivity contribution >= 4 is 27.4 Å². The van der Waals surface area contributed by atoms with Crippen molar-refractivity contribution in [2.45, 2.75) is 26.2 Å². The molecule has 4 nitrogen and oxygen atoms in total. The summed E-state index contributed by atoms with van der Waals surface area (Å²) in [7, 11) is 0. The highest BCUT2D eigenvalue weighted by Gasteiger charge is 2.41. The standard InChI is InChI=1S/C13H17N3OS/c1-2-10-15-11(9-3-6-18-12(9)16-10)14-7-13(8-17)4-5-13/h3,6,17H,2,4-5,7-8H2,1H3,(H,14,15,16). The van der Waals surface area contributed by atoms with Crippen molar-refractivity contribution < 1.29 is 5.11 Å². The zero-order chi connectivity index (χ0) is 12.6. The van der Waals surface area contributed by atoms with Crippen molar-refractivity contribution in [2.24, 2.45) is 5.41 Å². The highest BCUT2D eigenvalue weighted by atomic mass is 32.1. The molecule has 0 aromatic carbocycles. The van der Waals surface area contributed by atoms with Gasteiger partial charge in [-0.3, -0.25) is 0 Å². The van der Waals surface area contributed by atoms with Gasteiger partial charge < -0.3 is 10.4 Å². The first-order valence-electron chi connectivity index (χ1n) is 6.35. The molecule has 1 saturated carbocycles. The number of hydrogen-bond acceptors (Lipinski definition) is 5. The lowest BCUT2D eigenvalue weighted by atomic mass is 10.1.